The second-order valence-corrected chi connectivity index (χ2v) is 22.1. The van der Waals surface area contributed by atoms with Gasteiger partial charge in [-0.25, -0.2) is 19.9 Å². The number of para-hydroxylation sites is 4. The molecule has 0 unspecified atom stereocenters. The lowest BCUT2D eigenvalue weighted by molar-refractivity contribution is 0.585. The molecule has 0 aliphatic heterocycles. The molecule has 0 saturated carbocycles. The predicted octanol–water partition coefficient (Wildman–Crippen LogP) is 14.8. The molecule has 0 spiro atoms. The monoisotopic (exact) mass is 1030 g/mol. The lowest BCUT2D eigenvalue weighted by Crippen LogP contribution is -1.85. The Labute approximate surface area is 428 Å². The van der Waals surface area contributed by atoms with Crippen LogP contribution in [0.15, 0.2) is 167 Å². The number of rotatable bonds is 5. The molecule has 0 saturated heterocycles. The van der Waals surface area contributed by atoms with E-state index in [1.807, 2.05) is 84.9 Å². The Morgan fingerprint density at radius 1 is 0.284 bits per heavy atom. The molecule has 0 aliphatic carbocycles. The summed E-state index contributed by atoms with van der Waals surface area (Å²) < 4.78 is 26.0. The van der Waals surface area contributed by atoms with Gasteiger partial charge in [0.15, 0.2) is 19.8 Å². The molecule has 18 rings (SSSR count). The zero-order valence-corrected chi connectivity index (χ0v) is 41.1. The van der Waals surface area contributed by atoms with E-state index in [0.29, 0.717) is 23.6 Å². The zero-order chi connectivity index (χ0) is 47.9. The van der Waals surface area contributed by atoms with Gasteiger partial charge in [-0.1, -0.05) is 106 Å². The lowest BCUT2D eigenvalue weighted by atomic mass is 10.0. The van der Waals surface area contributed by atoms with E-state index in [1.165, 1.54) is 0 Å². The molecule has 10 aromatic heterocycles. The number of imidazole rings is 4. The van der Waals surface area contributed by atoms with Crippen molar-refractivity contribution in [2.45, 2.75) is 0 Å². The molecule has 10 heterocycles. The first-order chi connectivity index (χ1) is 36.6. The van der Waals surface area contributed by atoms with Gasteiger partial charge in [-0.2, -0.15) is 0 Å². The highest BCUT2D eigenvalue weighted by molar-refractivity contribution is 7.25. The van der Waals surface area contributed by atoms with E-state index in [-0.39, 0.29) is 0 Å². The molecule has 0 fully saturated rings. The highest BCUT2D eigenvalue weighted by Crippen LogP contribution is 2.43. The Bertz CT molecular complexity index is 5440. The van der Waals surface area contributed by atoms with E-state index in [0.717, 1.165) is 138 Å². The van der Waals surface area contributed by atoms with Gasteiger partial charge < -0.3 is 8.83 Å². The maximum Gasteiger partial charge on any atom is 0.249 e. The Kier molecular flexibility index (Phi) is 7.60. The van der Waals surface area contributed by atoms with Gasteiger partial charge in [-0.3, -0.25) is 17.6 Å². The van der Waals surface area contributed by atoms with Crippen LogP contribution >= 0.6 is 45.3 Å². The molecular weight excluding hydrogens is 1000 g/mol. The number of hydrogen-bond acceptors (Lipinski definition) is 14. The van der Waals surface area contributed by atoms with Gasteiger partial charge in [0.05, 0.1) is 107 Å². The summed E-state index contributed by atoms with van der Waals surface area (Å²) in [6.07, 6.45) is 0. The van der Waals surface area contributed by atoms with Gasteiger partial charge in [0, 0.05) is 0 Å². The van der Waals surface area contributed by atoms with Crippen molar-refractivity contribution in [3.8, 4) is 56.9 Å². The quantitative estimate of drug-likeness (QED) is 0.163. The normalized spacial score (nSPS) is 12.6. The molecule has 0 atom stereocenters. The van der Waals surface area contributed by atoms with Gasteiger partial charge in [0.25, 0.3) is 0 Å². The number of hydrogen-bond donors (Lipinski definition) is 0. The maximum absolute atomic E-state index is 6.53. The van der Waals surface area contributed by atoms with E-state index in [4.69, 9.17) is 28.8 Å². The minimum atomic E-state index is 0.457. The van der Waals surface area contributed by atoms with Gasteiger partial charge in [-0.15, -0.1) is 20.4 Å². The van der Waals surface area contributed by atoms with Crippen molar-refractivity contribution in [3.63, 3.8) is 0 Å². The average Bonchev–Trinajstić information content (AvgIpc) is 4.32. The maximum atomic E-state index is 6.53. The van der Waals surface area contributed by atoms with Crippen LogP contribution in [0.25, 0.3) is 162 Å². The molecule has 346 valence electrons. The van der Waals surface area contributed by atoms with Crippen molar-refractivity contribution in [3.05, 3.63) is 158 Å². The minimum Gasteiger partial charge on any atom is -0.416 e. The van der Waals surface area contributed by atoms with E-state index in [9.17, 15) is 0 Å². The van der Waals surface area contributed by atoms with Crippen LogP contribution < -0.4 is 0 Å². The topological polar surface area (TPSA) is 147 Å². The van der Waals surface area contributed by atoms with Crippen LogP contribution in [0, 0.1) is 0 Å². The molecule has 14 nitrogen and oxygen atoms in total. The molecule has 0 N–H and O–H groups in total. The third-order valence-corrected chi connectivity index (χ3v) is 18.5. The lowest BCUT2D eigenvalue weighted by Gasteiger charge is -2.04. The summed E-state index contributed by atoms with van der Waals surface area (Å²) in [4.78, 5) is 23.7. The van der Waals surface area contributed by atoms with Gasteiger partial charge >= 0.3 is 0 Å². The summed E-state index contributed by atoms with van der Waals surface area (Å²) in [5, 5.41) is 18.4. The zero-order valence-electron chi connectivity index (χ0n) is 37.8. The molecule has 0 aliphatic rings. The standard InChI is InChI=1S/C56H26N12O2S4/c1-3-15-37-33(13-1)57-53-65(37)40-17-5-9-29(45(40)71-53)49-61-63-51(69-49)31-11-7-19-42-47(31)74-56-60-36-25-27(22-24-39(36)67(42)56)28-21-23-35-44(26-28)68-43-20-8-12-32(48(43)73-55(68)59-35)52-64-62-50(70-52)30-10-6-18-41-46(30)72-54-58-34-14-2-4-16-38(34)66(41)54/h1-26H. The summed E-state index contributed by atoms with van der Waals surface area (Å²) >= 11 is 6.49. The van der Waals surface area contributed by atoms with Crippen LogP contribution in [0.3, 0.4) is 0 Å². The Balaban J connectivity index is 0.684. The van der Waals surface area contributed by atoms with E-state index >= 15 is 0 Å². The van der Waals surface area contributed by atoms with Crippen molar-refractivity contribution in [1.29, 1.82) is 0 Å². The fraction of sp³-hybridized carbons (Fsp3) is 0. The van der Waals surface area contributed by atoms with Crippen LogP contribution in [0.4, 0.5) is 0 Å². The second kappa shape index (κ2) is 14.3. The second-order valence-electron chi connectivity index (χ2n) is 18.2. The summed E-state index contributed by atoms with van der Waals surface area (Å²) in [6.45, 7) is 0. The van der Waals surface area contributed by atoms with E-state index in [2.05, 4.69) is 111 Å². The fourth-order valence-electron chi connectivity index (χ4n) is 10.8. The van der Waals surface area contributed by atoms with E-state index < -0.39 is 0 Å². The largest absolute Gasteiger partial charge is 0.416 e. The highest BCUT2D eigenvalue weighted by Gasteiger charge is 2.24. The Morgan fingerprint density at radius 3 is 1.07 bits per heavy atom. The molecule has 0 radical (unpaired) electrons. The Hall–Kier alpha value is -9.20. The molecule has 0 amide bonds. The molecular formula is C56H26N12O2S4. The van der Waals surface area contributed by atoms with Gasteiger partial charge in [0.1, 0.15) is 0 Å². The van der Waals surface area contributed by atoms with Gasteiger partial charge in [0.2, 0.25) is 23.6 Å². The molecule has 18 aromatic rings. The molecule has 0 bridgehead atoms. The first-order valence-electron chi connectivity index (χ1n) is 23.6. The van der Waals surface area contributed by atoms with Crippen LogP contribution in [-0.2, 0) is 0 Å². The number of nitrogens with zero attached hydrogens (tertiary/aromatic N) is 12. The number of fused-ring (bicyclic) bond motifs is 20. The predicted molar refractivity (Wildman–Crippen MR) is 296 cm³/mol. The van der Waals surface area contributed by atoms with Gasteiger partial charge in [-0.05, 0) is 108 Å². The van der Waals surface area contributed by atoms with Crippen molar-refractivity contribution in [2.75, 3.05) is 0 Å². The SMILES string of the molecule is c1ccc2c(c1)nc1sc3c(-c4nnc(-c5cccc6c5sc5nc7cc(-c8ccc9nc%10sc%11c(-c%12nnc(-c%13cccc%14c%13sc%13nc%15ccccc%15n%13%14)o%12)cccc%11n%10c9c8)ccc7n56)o4)cccc3n12. The first kappa shape index (κ1) is 39.4. The van der Waals surface area contributed by atoms with Crippen molar-refractivity contribution < 1.29 is 8.83 Å². The van der Waals surface area contributed by atoms with Crippen molar-refractivity contribution in [1.82, 2.24) is 57.9 Å². The van der Waals surface area contributed by atoms with Crippen molar-refractivity contribution in [2.24, 2.45) is 0 Å². The number of thiazole rings is 4. The fourth-order valence-corrected chi connectivity index (χ4v) is 15.4. The average molecular weight is 1030 g/mol. The summed E-state index contributed by atoms with van der Waals surface area (Å²) in [6, 6.07) is 54.2. The van der Waals surface area contributed by atoms with Crippen LogP contribution in [0.1, 0.15) is 0 Å². The third kappa shape index (κ3) is 5.30. The molecule has 18 heteroatoms. The highest BCUT2D eigenvalue weighted by atomic mass is 32.1. The number of benzene rings is 8. The van der Waals surface area contributed by atoms with E-state index in [1.54, 1.807) is 45.3 Å². The minimum absolute atomic E-state index is 0.457. The van der Waals surface area contributed by atoms with Crippen LogP contribution in [0.5, 0.6) is 0 Å². The summed E-state index contributed by atoms with van der Waals surface area (Å²) in [5.74, 6) is 1.85. The smallest absolute Gasteiger partial charge is 0.249 e. The summed E-state index contributed by atoms with van der Waals surface area (Å²) in [7, 11) is 0. The molecule has 74 heavy (non-hydrogen) atoms. The summed E-state index contributed by atoms with van der Waals surface area (Å²) in [5.41, 5.74) is 17.7. The van der Waals surface area contributed by atoms with Crippen molar-refractivity contribution >= 4 is 150 Å². The third-order valence-electron chi connectivity index (χ3n) is 14.1. The Morgan fingerprint density at radius 2 is 0.622 bits per heavy atom. The number of aromatic nitrogens is 12. The van der Waals surface area contributed by atoms with Crippen LogP contribution in [-0.4, -0.2) is 57.9 Å². The first-order valence-corrected chi connectivity index (χ1v) is 26.8. The molecule has 8 aromatic carbocycles. The van der Waals surface area contributed by atoms with Crippen LogP contribution in [0.2, 0.25) is 0 Å².